The third kappa shape index (κ3) is 2.61. The second-order valence-corrected chi connectivity index (χ2v) is 4.76. The van der Waals surface area contributed by atoms with Crippen LogP contribution < -0.4 is 0 Å². The molecule has 0 aliphatic carbocycles. The second kappa shape index (κ2) is 4.94. The Hall–Kier alpha value is -1.62. The van der Waals surface area contributed by atoms with E-state index in [4.69, 9.17) is 16.7 Å². The number of likely N-dealkylation sites (N-methyl/N-ethyl adjacent to an activating group) is 1. The van der Waals surface area contributed by atoms with Crippen LogP contribution in [0.25, 0.3) is 0 Å². The zero-order valence-corrected chi connectivity index (χ0v) is 11.0. The first-order chi connectivity index (χ1) is 8.17. The molecule has 0 radical (unpaired) electrons. The number of aliphatic carboxylic acids is 1. The lowest BCUT2D eigenvalue weighted by atomic mass is 10.0. The van der Waals surface area contributed by atoms with Crippen LogP contribution in [0.4, 0.5) is 4.39 Å². The van der Waals surface area contributed by atoms with Crippen LogP contribution in [0, 0.1) is 5.82 Å². The maximum atomic E-state index is 13.2. The van der Waals surface area contributed by atoms with E-state index in [1.54, 1.807) is 0 Å². The van der Waals surface area contributed by atoms with Crippen molar-refractivity contribution < 1.29 is 19.1 Å². The van der Waals surface area contributed by atoms with Crippen molar-refractivity contribution in [2.75, 3.05) is 7.05 Å². The molecule has 1 N–H and O–H groups in total. The third-order valence-corrected chi connectivity index (χ3v) is 3.14. The minimum absolute atomic E-state index is 0.0497. The summed E-state index contributed by atoms with van der Waals surface area (Å²) in [6, 6.07) is 3.59. The van der Waals surface area contributed by atoms with Crippen molar-refractivity contribution in [3.8, 4) is 0 Å². The van der Waals surface area contributed by atoms with Gasteiger partial charge >= 0.3 is 5.97 Å². The largest absolute Gasteiger partial charge is 0.480 e. The van der Waals surface area contributed by atoms with Gasteiger partial charge in [0.05, 0.1) is 5.02 Å². The van der Waals surface area contributed by atoms with Crippen LogP contribution in [-0.2, 0) is 4.79 Å². The summed E-state index contributed by atoms with van der Waals surface area (Å²) in [6.45, 7) is 2.78. The van der Waals surface area contributed by atoms with Gasteiger partial charge in [-0.3, -0.25) is 4.79 Å². The van der Waals surface area contributed by atoms with Gasteiger partial charge in [-0.05, 0) is 32.0 Å². The molecule has 18 heavy (non-hydrogen) atoms. The van der Waals surface area contributed by atoms with E-state index >= 15 is 0 Å². The molecule has 0 fully saturated rings. The number of carboxylic acid groups (broad SMARTS) is 1. The monoisotopic (exact) mass is 273 g/mol. The minimum Gasteiger partial charge on any atom is -0.480 e. The summed E-state index contributed by atoms with van der Waals surface area (Å²) in [4.78, 5) is 24.1. The van der Waals surface area contributed by atoms with E-state index in [-0.39, 0.29) is 10.6 Å². The average molecular weight is 274 g/mol. The molecule has 0 saturated carbocycles. The molecule has 1 amide bonds. The Morgan fingerprint density at radius 2 is 1.94 bits per heavy atom. The molecule has 6 heteroatoms. The number of nitrogens with zero attached hydrogens (tertiary/aromatic N) is 1. The van der Waals surface area contributed by atoms with Crippen molar-refractivity contribution in [1.29, 1.82) is 0 Å². The highest BCUT2D eigenvalue weighted by Crippen LogP contribution is 2.20. The van der Waals surface area contributed by atoms with Gasteiger partial charge in [0, 0.05) is 12.6 Å². The van der Waals surface area contributed by atoms with E-state index in [1.807, 2.05) is 0 Å². The minimum atomic E-state index is -1.38. The van der Waals surface area contributed by atoms with Gasteiger partial charge < -0.3 is 10.0 Å². The number of hydrogen-bond acceptors (Lipinski definition) is 2. The number of carbonyl (C=O) groups is 2. The lowest BCUT2D eigenvalue weighted by Crippen LogP contribution is -2.50. The van der Waals surface area contributed by atoms with E-state index in [2.05, 4.69) is 0 Å². The fourth-order valence-corrected chi connectivity index (χ4v) is 1.34. The Kier molecular flexibility index (Phi) is 3.96. The number of carboxylic acids is 1. The smallest absolute Gasteiger partial charge is 0.329 e. The van der Waals surface area contributed by atoms with Gasteiger partial charge in [0.15, 0.2) is 0 Å². The lowest BCUT2D eigenvalue weighted by Gasteiger charge is -2.31. The predicted octanol–water partition coefficient (Wildman–Crippen LogP) is 2.41. The van der Waals surface area contributed by atoms with Crippen molar-refractivity contribution in [2.24, 2.45) is 0 Å². The number of rotatable bonds is 3. The Morgan fingerprint density at radius 1 is 1.39 bits per heavy atom. The SMILES string of the molecule is CN(C(=O)c1ccc(Cl)c(F)c1)C(C)(C)C(=O)O. The molecule has 0 aliphatic rings. The van der Waals surface area contributed by atoms with Gasteiger partial charge in [-0.1, -0.05) is 11.6 Å². The number of amides is 1. The molecule has 98 valence electrons. The van der Waals surface area contributed by atoms with Gasteiger partial charge in [0.2, 0.25) is 0 Å². The first kappa shape index (κ1) is 14.4. The number of carbonyl (C=O) groups excluding carboxylic acids is 1. The topological polar surface area (TPSA) is 57.6 Å². The molecule has 1 aromatic carbocycles. The summed E-state index contributed by atoms with van der Waals surface area (Å²) in [5, 5.41) is 8.93. The molecule has 0 heterocycles. The molecule has 0 spiro atoms. The van der Waals surface area contributed by atoms with E-state index in [0.717, 1.165) is 11.0 Å². The van der Waals surface area contributed by atoms with Gasteiger partial charge in [-0.15, -0.1) is 0 Å². The highest BCUT2D eigenvalue weighted by Gasteiger charge is 2.35. The van der Waals surface area contributed by atoms with Crippen LogP contribution in [0.2, 0.25) is 5.02 Å². The van der Waals surface area contributed by atoms with E-state index < -0.39 is 23.2 Å². The van der Waals surface area contributed by atoms with Crippen molar-refractivity contribution >= 4 is 23.5 Å². The van der Waals surface area contributed by atoms with Gasteiger partial charge in [-0.25, -0.2) is 9.18 Å². The van der Waals surface area contributed by atoms with Crippen LogP contribution in [0.1, 0.15) is 24.2 Å². The highest BCUT2D eigenvalue weighted by molar-refractivity contribution is 6.30. The zero-order chi connectivity index (χ0) is 14.1. The number of benzene rings is 1. The first-order valence-corrected chi connectivity index (χ1v) is 5.52. The number of halogens is 2. The lowest BCUT2D eigenvalue weighted by molar-refractivity contribution is -0.147. The van der Waals surface area contributed by atoms with Crippen LogP contribution in [0.15, 0.2) is 18.2 Å². The van der Waals surface area contributed by atoms with Crippen LogP contribution in [0.5, 0.6) is 0 Å². The third-order valence-electron chi connectivity index (χ3n) is 2.83. The standard InChI is InChI=1S/C12H13ClFNO3/c1-12(2,11(17)18)15(3)10(16)7-4-5-8(13)9(14)6-7/h4-6H,1-3H3,(H,17,18). The summed E-state index contributed by atoms with van der Waals surface area (Å²) < 4.78 is 13.2. The molecule has 0 saturated heterocycles. The van der Waals surface area contributed by atoms with Crippen molar-refractivity contribution in [1.82, 2.24) is 4.90 Å². The van der Waals surface area contributed by atoms with Gasteiger partial charge in [-0.2, -0.15) is 0 Å². The molecular formula is C12H13ClFNO3. The Bertz CT molecular complexity index is 502. The molecular weight excluding hydrogens is 261 g/mol. The molecule has 0 aliphatic heterocycles. The predicted molar refractivity (Wildman–Crippen MR) is 65.2 cm³/mol. The van der Waals surface area contributed by atoms with E-state index in [1.165, 1.54) is 33.0 Å². The second-order valence-electron chi connectivity index (χ2n) is 4.36. The van der Waals surface area contributed by atoms with Crippen molar-refractivity contribution in [2.45, 2.75) is 19.4 Å². The first-order valence-electron chi connectivity index (χ1n) is 5.14. The Labute approximate surface area is 109 Å². The molecule has 0 bridgehead atoms. The fraction of sp³-hybridized carbons (Fsp3) is 0.333. The summed E-state index contributed by atoms with van der Waals surface area (Å²) in [7, 11) is 1.35. The van der Waals surface area contributed by atoms with Crippen molar-refractivity contribution in [3.05, 3.63) is 34.6 Å². The fourth-order valence-electron chi connectivity index (χ4n) is 1.22. The summed E-state index contributed by atoms with van der Waals surface area (Å²) >= 11 is 5.51. The zero-order valence-electron chi connectivity index (χ0n) is 10.2. The molecule has 0 unspecified atom stereocenters. The van der Waals surface area contributed by atoms with Crippen LogP contribution >= 0.6 is 11.6 Å². The normalized spacial score (nSPS) is 11.2. The molecule has 0 aromatic heterocycles. The Morgan fingerprint density at radius 3 is 2.39 bits per heavy atom. The molecule has 4 nitrogen and oxygen atoms in total. The van der Waals surface area contributed by atoms with Crippen molar-refractivity contribution in [3.63, 3.8) is 0 Å². The van der Waals surface area contributed by atoms with Gasteiger partial charge in [0.1, 0.15) is 11.4 Å². The number of hydrogen-bond donors (Lipinski definition) is 1. The summed E-state index contributed by atoms with van der Waals surface area (Å²) in [5.41, 5.74) is -1.33. The summed E-state index contributed by atoms with van der Waals surface area (Å²) in [5.74, 6) is -2.45. The highest BCUT2D eigenvalue weighted by atomic mass is 35.5. The molecule has 0 atom stereocenters. The maximum absolute atomic E-state index is 13.2. The molecule has 1 rings (SSSR count). The quantitative estimate of drug-likeness (QED) is 0.920. The maximum Gasteiger partial charge on any atom is 0.329 e. The Balaban J connectivity index is 3.07. The molecule has 1 aromatic rings. The van der Waals surface area contributed by atoms with Crippen LogP contribution in [0.3, 0.4) is 0 Å². The van der Waals surface area contributed by atoms with E-state index in [9.17, 15) is 14.0 Å². The summed E-state index contributed by atoms with van der Waals surface area (Å²) in [6.07, 6.45) is 0. The average Bonchev–Trinajstić information content (AvgIpc) is 2.30. The van der Waals surface area contributed by atoms with E-state index in [0.29, 0.717) is 0 Å². The van der Waals surface area contributed by atoms with Crippen LogP contribution in [-0.4, -0.2) is 34.5 Å². The van der Waals surface area contributed by atoms with Gasteiger partial charge in [0.25, 0.3) is 5.91 Å².